The van der Waals surface area contributed by atoms with E-state index in [9.17, 15) is 9.59 Å². The zero-order valence-electron chi connectivity index (χ0n) is 14.8. The number of benzene rings is 2. The van der Waals surface area contributed by atoms with E-state index in [1.54, 1.807) is 20.2 Å². The van der Waals surface area contributed by atoms with Gasteiger partial charge in [-0.15, -0.1) is 0 Å². The third-order valence-electron chi connectivity index (χ3n) is 3.81. The van der Waals surface area contributed by atoms with Crippen molar-refractivity contribution in [2.24, 2.45) is 0 Å². The number of carbonyl (C=O) groups excluding carboxylic acids is 2. The van der Waals surface area contributed by atoms with Gasteiger partial charge in [0.1, 0.15) is 5.75 Å². The van der Waals surface area contributed by atoms with E-state index in [2.05, 4.69) is 0 Å². The molecule has 134 valence electrons. The van der Waals surface area contributed by atoms with Gasteiger partial charge in [-0.3, -0.25) is 4.79 Å². The summed E-state index contributed by atoms with van der Waals surface area (Å²) in [4.78, 5) is 24.8. The molecule has 2 aromatic rings. The van der Waals surface area contributed by atoms with Gasteiger partial charge < -0.3 is 14.4 Å². The first-order chi connectivity index (χ1) is 12.5. The van der Waals surface area contributed by atoms with E-state index in [4.69, 9.17) is 14.7 Å². The van der Waals surface area contributed by atoms with Crippen LogP contribution in [-0.4, -0.2) is 44.1 Å². The topological polar surface area (TPSA) is 79.6 Å². The highest BCUT2D eigenvalue weighted by atomic mass is 16.5. The highest BCUT2D eigenvalue weighted by molar-refractivity contribution is 5.91. The summed E-state index contributed by atoms with van der Waals surface area (Å²) in [5.41, 5.74) is 0.845. The Bertz CT molecular complexity index is 868. The molecule has 0 aliphatic carbocycles. The summed E-state index contributed by atoms with van der Waals surface area (Å²) < 4.78 is 10.1. The van der Waals surface area contributed by atoms with Crippen molar-refractivity contribution < 1.29 is 19.1 Å². The Labute approximate surface area is 152 Å². The fraction of sp³-hybridized carbons (Fsp3) is 0.250. The zero-order chi connectivity index (χ0) is 18.9. The number of amides is 1. The van der Waals surface area contributed by atoms with Crippen LogP contribution in [-0.2, 0) is 14.3 Å². The molecule has 0 aliphatic rings. The van der Waals surface area contributed by atoms with Gasteiger partial charge in [0, 0.05) is 19.7 Å². The molecule has 0 heterocycles. The maximum Gasteiger partial charge on any atom is 0.331 e. The zero-order valence-corrected chi connectivity index (χ0v) is 14.8. The molecule has 1 amide bonds. The van der Waals surface area contributed by atoms with Crippen molar-refractivity contribution in [3.05, 3.63) is 48.0 Å². The number of rotatable bonds is 7. The van der Waals surface area contributed by atoms with Crippen molar-refractivity contribution in [3.63, 3.8) is 0 Å². The summed E-state index contributed by atoms with van der Waals surface area (Å²) in [7, 11) is 3.18. The summed E-state index contributed by atoms with van der Waals surface area (Å²) in [6.45, 7) is -0.0345. The number of methoxy groups -OCH3 is 1. The standard InChI is InChI=1S/C20H20N2O4/c1-22(11-3-10-21)19(23)14-26-20(24)9-5-15-4-6-17-13-18(25-2)8-7-16(17)12-15/h4-9,12-13H,3,11,14H2,1-2H3/b9-5+. The molecule has 0 bridgehead atoms. The van der Waals surface area contributed by atoms with Gasteiger partial charge in [0.05, 0.1) is 19.6 Å². The first-order valence-electron chi connectivity index (χ1n) is 8.07. The Morgan fingerprint density at radius 1 is 1.19 bits per heavy atom. The SMILES string of the molecule is COc1ccc2cc(/C=C/C(=O)OCC(=O)N(C)CCC#N)ccc2c1. The number of likely N-dealkylation sites (N-methyl/N-ethyl adjacent to an activating group) is 1. The van der Waals surface area contributed by atoms with E-state index in [1.165, 1.54) is 11.0 Å². The predicted molar refractivity (Wildman–Crippen MR) is 98.4 cm³/mol. The molecule has 6 nitrogen and oxygen atoms in total. The van der Waals surface area contributed by atoms with Gasteiger partial charge in [-0.05, 0) is 40.6 Å². The normalized spacial score (nSPS) is 10.5. The molecule has 2 rings (SSSR count). The molecule has 6 heteroatoms. The summed E-state index contributed by atoms with van der Waals surface area (Å²) in [6, 6.07) is 13.5. The number of hydrogen-bond donors (Lipinski definition) is 0. The molecule has 0 aliphatic heterocycles. The van der Waals surface area contributed by atoms with Gasteiger partial charge in [0.25, 0.3) is 5.91 Å². The minimum atomic E-state index is -0.595. The second kappa shape index (κ2) is 9.23. The molecule has 2 aromatic carbocycles. The molecular weight excluding hydrogens is 332 g/mol. The number of ether oxygens (including phenoxy) is 2. The third kappa shape index (κ3) is 5.35. The van der Waals surface area contributed by atoms with Crippen molar-refractivity contribution in [1.29, 1.82) is 5.26 Å². The second-order valence-corrected chi connectivity index (χ2v) is 5.64. The van der Waals surface area contributed by atoms with Gasteiger partial charge in [-0.2, -0.15) is 5.26 Å². The number of fused-ring (bicyclic) bond motifs is 1. The maximum absolute atomic E-state index is 11.8. The van der Waals surface area contributed by atoms with Crippen LogP contribution in [0.3, 0.4) is 0 Å². The number of hydrogen-bond acceptors (Lipinski definition) is 5. The number of carbonyl (C=O) groups is 2. The Balaban J connectivity index is 1.92. The summed E-state index contributed by atoms with van der Waals surface area (Å²) in [5.74, 6) is -0.155. The van der Waals surface area contributed by atoms with Crippen molar-refractivity contribution in [2.75, 3.05) is 27.3 Å². The van der Waals surface area contributed by atoms with E-state index in [0.717, 1.165) is 22.1 Å². The minimum Gasteiger partial charge on any atom is -0.497 e. The highest BCUT2D eigenvalue weighted by Crippen LogP contribution is 2.22. The van der Waals surface area contributed by atoms with Crippen molar-refractivity contribution in [2.45, 2.75) is 6.42 Å². The first-order valence-corrected chi connectivity index (χ1v) is 8.07. The van der Waals surface area contributed by atoms with Crippen LogP contribution in [0.1, 0.15) is 12.0 Å². The molecule has 0 spiro atoms. The van der Waals surface area contributed by atoms with Gasteiger partial charge in [-0.25, -0.2) is 4.79 Å². The lowest BCUT2D eigenvalue weighted by atomic mass is 10.1. The Morgan fingerprint density at radius 2 is 1.92 bits per heavy atom. The lowest BCUT2D eigenvalue weighted by Crippen LogP contribution is -2.31. The predicted octanol–water partition coefficient (Wildman–Crippen LogP) is 2.78. The largest absolute Gasteiger partial charge is 0.497 e. The first kappa shape index (κ1) is 19.0. The van der Waals surface area contributed by atoms with Crippen molar-refractivity contribution in [3.8, 4) is 11.8 Å². The van der Waals surface area contributed by atoms with Crippen LogP contribution in [0.2, 0.25) is 0 Å². The van der Waals surface area contributed by atoms with Crippen LogP contribution in [0, 0.1) is 11.3 Å². The van der Waals surface area contributed by atoms with Crippen molar-refractivity contribution in [1.82, 2.24) is 4.90 Å². The van der Waals surface area contributed by atoms with Gasteiger partial charge in [0.2, 0.25) is 0 Å². The lowest BCUT2D eigenvalue weighted by molar-refractivity contribution is -0.147. The third-order valence-corrected chi connectivity index (χ3v) is 3.81. The van der Waals surface area contributed by atoms with Crippen LogP contribution in [0.25, 0.3) is 16.8 Å². The minimum absolute atomic E-state index is 0.240. The van der Waals surface area contributed by atoms with Crippen LogP contribution in [0.4, 0.5) is 0 Å². The van der Waals surface area contributed by atoms with Crippen LogP contribution < -0.4 is 4.74 Å². The molecular formula is C20H20N2O4. The van der Waals surface area contributed by atoms with Gasteiger partial charge >= 0.3 is 5.97 Å². The summed E-state index contributed by atoms with van der Waals surface area (Å²) in [6.07, 6.45) is 3.16. The average Bonchev–Trinajstić information content (AvgIpc) is 2.67. The molecule has 26 heavy (non-hydrogen) atoms. The van der Waals surface area contributed by atoms with Crippen LogP contribution in [0.15, 0.2) is 42.5 Å². The van der Waals surface area contributed by atoms with E-state index < -0.39 is 5.97 Å². The molecule has 0 saturated carbocycles. The number of nitriles is 1. The van der Waals surface area contributed by atoms with E-state index >= 15 is 0 Å². The van der Waals surface area contributed by atoms with E-state index in [0.29, 0.717) is 6.54 Å². The molecule has 0 saturated heterocycles. The van der Waals surface area contributed by atoms with Gasteiger partial charge in [-0.1, -0.05) is 18.2 Å². The van der Waals surface area contributed by atoms with Crippen LogP contribution >= 0.6 is 0 Å². The summed E-state index contributed by atoms with van der Waals surface area (Å²) in [5, 5.41) is 10.6. The lowest BCUT2D eigenvalue weighted by Gasteiger charge is -2.14. The molecule has 0 aromatic heterocycles. The molecule has 0 unspecified atom stereocenters. The summed E-state index contributed by atoms with van der Waals surface area (Å²) >= 11 is 0. The van der Waals surface area contributed by atoms with E-state index in [1.807, 2.05) is 42.5 Å². The quantitative estimate of drug-likeness (QED) is 0.565. The second-order valence-electron chi connectivity index (χ2n) is 5.64. The highest BCUT2D eigenvalue weighted by Gasteiger charge is 2.10. The Kier molecular flexibility index (Phi) is 6.75. The smallest absolute Gasteiger partial charge is 0.331 e. The molecule has 0 atom stereocenters. The fourth-order valence-electron chi connectivity index (χ4n) is 2.27. The Morgan fingerprint density at radius 3 is 2.65 bits per heavy atom. The van der Waals surface area contributed by atoms with E-state index in [-0.39, 0.29) is 18.9 Å². The monoisotopic (exact) mass is 352 g/mol. The average molecular weight is 352 g/mol. The number of esters is 1. The number of nitrogens with zero attached hydrogens (tertiary/aromatic N) is 2. The maximum atomic E-state index is 11.8. The Hall–Kier alpha value is -3.33. The molecule has 0 radical (unpaired) electrons. The molecule has 0 N–H and O–H groups in total. The fourth-order valence-corrected chi connectivity index (χ4v) is 2.27. The van der Waals surface area contributed by atoms with Crippen molar-refractivity contribution >= 4 is 28.7 Å². The van der Waals surface area contributed by atoms with Crippen LogP contribution in [0.5, 0.6) is 5.75 Å². The van der Waals surface area contributed by atoms with Gasteiger partial charge in [0.15, 0.2) is 6.61 Å². The molecule has 0 fully saturated rings.